The molecule has 2 aliphatic rings. The summed E-state index contributed by atoms with van der Waals surface area (Å²) in [4.78, 5) is 0. The number of aromatic hydroxyl groups is 1. The average Bonchev–Trinajstić information content (AvgIpc) is 3.31. The fourth-order valence-electron chi connectivity index (χ4n) is 2.18. The number of para-hydroxylation sites is 1. The summed E-state index contributed by atoms with van der Waals surface area (Å²) >= 11 is 0. The Labute approximate surface area is 121 Å². The summed E-state index contributed by atoms with van der Waals surface area (Å²) in [5.41, 5.74) is 1.09. The van der Waals surface area contributed by atoms with Crippen molar-refractivity contribution in [2.75, 3.05) is 0 Å². The van der Waals surface area contributed by atoms with E-state index >= 15 is 0 Å². The van der Waals surface area contributed by atoms with E-state index in [0.717, 1.165) is 12.0 Å². The number of hydrogen-bond donors (Lipinski definition) is 1. The van der Waals surface area contributed by atoms with Gasteiger partial charge in [-0.25, -0.2) is 0 Å². The Bertz CT molecular complexity index is 380. The molecule has 1 aromatic carbocycles. The maximum Gasteiger partial charge on any atom is 0.215 e. The van der Waals surface area contributed by atoms with Crippen molar-refractivity contribution in [2.24, 2.45) is 0 Å². The predicted octanol–water partition coefficient (Wildman–Crippen LogP) is 4.38. The Morgan fingerprint density at radius 3 is 2.00 bits per heavy atom. The topological polar surface area (TPSA) is 45.3 Å². The molecule has 3 rings (SSSR count). The highest BCUT2D eigenvalue weighted by Gasteiger charge is 2.59. The monoisotopic (exact) mass is 278 g/mol. The first-order valence-electron chi connectivity index (χ1n) is 7.89. The lowest BCUT2D eigenvalue weighted by atomic mass is 10.0. The molecule has 0 unspecified atom stereocenters. The third kappa shape index (κ3) is 5.93. The number of rotatable bonds is 8. The Morgan fingerprint density at radius 2 is 1.45 bits per heavy atom. The fourth-order valence-corrected chi connectivity index (χ4v) is 2.18. The summed E-state index contributed by atoms with van der Waals surface area (Å²) in [5.74, 6) is 0.452. The average molecular weight is 278 g/mol. The number of phenols is 1. The van der Waals surface area contributed by atoms with E-state index in [1.54, 1.807) is 6.07 Å². The minimum absolute atomic E-state index is 0.250. The van der Waals surface area contributed by atoms with Crippen molar-refractivity contribution in [2.45, 2.75) is 70.9 Å². The maximum atomic E-state index is 9.58. The van der Waals surface area contributed by atoms with E-state index in [9.17, 15) is 5.11 Å². The van der Waals surface area contributed by atoms with Crippen molar-refractivity contribution >= 4 is 0 Å². The molecule has 0 amide bonds. The number of epoxide rings is 2. The standard InChI is InChI=1S/C15H24O.C2H2O2/c1-2-3-4-5-6-7-8-11-14-12-9-10-13-15(14)16;3-1-2(3)4-1/h9-10,12-13,16H,2-8,11H2,1H3;1-2H. The molecule has 2 aliphatic heterocycles. The normalized spacial score (nSPS) is 21.6. The van der Waals surface area contributed by atoms with Gasteiger partial charge in [0.1, 0.15) is 5.75 Å². The van der Waals surface area contributed by atoms with E-state index in [2.05, 4.69) is 16.4 Å². The second-order valence-corrected chi connectivity index (χ2v) is 5.51. The smallest absolute Gasteiger partial charge is 0.215 e. The first-order valence-corrected chi connectivity index (χ1v) is 7.89. The maximum absolute atomic E-state index is 9.58. The summed E-state index contributed by atoms with van der Waals surface area (Å²) in [6.45, 7) is 2.25. The second-order valence-electron chi connectivity index (χ2n) is 5.51. The zero-order valence-electron chi connectivity index (χ0n) is 12.4. The fraction of sp³-hybridized carbons (Fsp3) is 0.647. The molecule has 0 bridgehead atoms. The van der Waals surface area contributed by atoms with E-state index in [-0.39, 0.29) is 12.6 Å². The molecule has 0 saturated carbocycles. The predicted molar refractivity (Wildman–Crippen MR) is 79.5 cm³/mol. The van der Waals surface area contributed by atoms with E-state index in [0.29, 0.717) is 5.75 Å². The van der Waals surface area contributed by atoms with E-state index in [1.807, 2.05) is 18.2 Å². The third-order valence-electron chi connectivity index (χ3n) is 3.65. The minimum Gasteiger partial charge on any atom is -0.508 e. The highest BCUT2D eigenvalue weighted by molar-refractivity contribution is 5.31. The van der Waals surface area contributed by atoms with Gasteiger partial charge in [-0.15, -0.1) is 0 Å². The quantitative estimate of drug-likeness (QED) is 0.567. The molecule has 0 aromatic heterocycles. The van der Waals surface area contributed by atoms with Gasteiger partial charge in [0, 0.05) is 0 Å². The van der Waals surface area contributed by atoms with Crippen molar-refractivity contribution in [1.82, 2.24) is 0 Å². The van der Waals surface area contributed by atoms with Crippen LogP contribution < -0.4 is 0 Å². The van der Waals surface area contributed by atoms with Crippen LogP contribution in [0.15, 0.2) is 24.3 Å². The van der Waals surface area contributed by atoms with Gasteiger partial charge in [0.2, 0.25) is 12.6 Å². The molecule has 1 aromatic rings. The van der Waals surface area contributed by atoms with Crippen LogP contribution in [0.4, 0.5) is 0 Å². The lowest BCUT2D eigenvalue weighted by Gasteiger charge is -2.04. The number of ether oxygens (including phenoxy) is 2. The van der Waals surface area contributed by atoms with Crippen molar-refractivity contribution in [1.29, 1.82) is 0 Å². The molecule has 2 saturated heterocycles. The molecule has 2 fully saturated rings. The van der Waals surface area contributed by atoms with Crippen molar-refractivity contribution < 1.29 is 14.6 Å². The zero-order chi connectivity index (χ0) is 14.2. The van der Waals surface area contributed by atoms with Crippen molar-refractivity contribution in [3.05, 3.63) is 29.8 Å². The highest BCUT2D eigenvalue weighted by Crippen LogP contribution is 2.41. The number of hydrogen-bond acceptors (Lipinski definition) is 3. The molecule has 112 valence electrons. The van der Waals surface area contributed by atoms with Crippen LogP contribution in [0.3, 0.4) is 0 Å². The van der Waals surface area contributed by atoms with Crippen LogP contribution in [0.1, 0.15) is 57.4 Å². The highest BCUT2D eigenvalue weighted by atomic mass is 17.0. The van der Waals surface area contributed by atoms with Crippen LogP contribution in [0.25, 0.3) is 0 Å². The van der Waals surface area contributed by atoms with Crippen LogP contribution in [-0.2, 0) is 15.9 Å². The summed E-state index contributed by atoms with van der Waals surface area (Å²) < 4.78 is 9.17. The largest absolute Gasteiger partial charge is 0.508 e. The molecule has 0 atom stereocenters. The second kappa shape index (κ2) is 8.28. The molecule has 0 radical (unpaired) electrons. The van der Waals surface area contributed by atoms with Crippen LogP contribution >= 0.6 is 0 Å². The molecule has 2 heterocycles. The lowest BCUT2D eigenvalue weighted by molar-refractivity contribution is 0.0108. The van der Waals surface area contributed by atoms with Gasteiger partial charge in [0.25, 0.3) is 0 Å². The lowest BCUT2D eigenvalue weighted by Crippen LogP contribution is -1.87. The Morgan fingerprint density at radius 1 is 0.900 bits per heavy atom. The number of aryl methyl sites for hydroxylation is 1. The Balaban J connectivity index is 0.000000302. The third-order valence-corrected chi connectivity index (χ3v) is 3.65. The minimum atomic E-state index is 0.250. The Hall–Kier alpha value is -1.06. The van der Waals surface area contributed by atoms with E-state index in [1.165, 1.54) is 44.9 Å². The van der Waals surface area contributed by atoms with E-state index in [4.69, 9.17) is 0 Å². The van der Waals surface area contributed by atoms with Gasteiger partial charge in [-0.3, -0.25) is 0 Å². The van der Waals surface area contributed by atoms with Crippen molar-refractivity contribution in [3.8, 4) is 5.75 Å². The van der Waals surface area contributed by atoms with Gasteiger partial charge in [0.05, 0.1) is 0 Å². The van der Waals surface area contributed by atoms with E-state index < -0.39 is 0 Å². The zero-order valence-corrected chi connectivity index (χ0v) is 12.4. The number of phenolic OH excluding ortho intramolecular Hbond substituents is 1. The summed E-state index contributed by atoms with van der Waals surface area (Å²) in [5, 5.41) is 9.58. The number of fused-ring (bicyclic) bond motifs is 1. The van der Waals surface area contributed by atoms with Gasteiger partial charge in [-0.1, -0.05) is 63.6 Å². The summed E-state index contributed by atoms with van der Waals surface area (Å²) in [6, 6.07) is 7.67. The van der Waals surface area contributed by atoms with Crippen molar-refractivity contribution in [3.63, 3.8) is 0 Å². The molecule has 20 heavy (non-hydrogen) atoms. The van der Waals surface area contributed by atoms with Crippen LogP contribution in [0.5, 0.6) is 5.75 Å². The van der Waals surface area contributed by atoms with Gasteiger partial charge >= 0.3 is 0 Å². The molecule has 0 spiro atoms. The summed E-state index contributed by atoms with van der Waals surface area (Å²) in [7, 11) is 0. The number of benzene rings is 1. The first-order chi connectivity index (χ1) is 9.81. The molecular weight excluding hydrogens is 252 g/mol. The molecule has 3 nitrogen and oxygen atoms in total. The SMILES string of the molecule is CCCCCCCCCc1ccccc1O.O1C2OC12. The molecular formula is C17H26O3. The first kappa shape index (κ1) is 15.3. The van der Waals surface area contributed by atoms with Gasteiger partial charge < -0.3 is 14.6 Å². The van der Waals surface area contributed by atoms with Crippen LogP contribution in [0, 0.1) is 0 Å². The van der Waals surface area contributed by atoms with Crippen LogP contribution in [-0.4, -0.2) is 17.7 Å². The van der Waals surface area contributed by atoms with Gasteiger partial charge in [-0.2, -0.15) is 0 Å². The van der Waals surface area contributed by atoms with Gasteiger partial charge in [0.15, 0.2) is 0 Å². The number of unbranched alkanes of at least 4 members (excludes halogenated alkanes) is 6. The molecule has 3 heteroatoms. The molecule has 1 N–H and O–H groups in total. The van der Waals surface area contributed by atoms with Crippen LogP contribution in [0.2, 0.25) is 0 Å². The Kier molecular flexibility index (Phi) is 6.34. The summed E-state index contributed by atoms with van der Waals surface area (Å²) in [6.07, 6.45) is 10.8. The molecule has 0 aliphatic carbocycles. The van der Waals surface area contributed by atoms with Gasteiger partial charge in [-0.05, 0) is 24.5 Å².